The summed E-state index contributed by atoms with van der Waals surface area (Å²) in [7, 11) is 0. The number of carboxylic acid groups (broad SMARTS) is 4. The van der Waals surface area contributed by atoms with Gasteiger partial charge in [0.15, 0.2) is 0 Å². The predicted molar refractivity (Wildman–Crippen MR) is 85.0 cm³/mol. The molecule has 2 atom stereocenters. The highest BCUT2D eigenvalue weighted by Crippen LogP contribution is 2.41. The Bertz CT molecular complexity index is 818. The van der Waals surface area contributed by atoms with Gasteiger partial charge in [0.25, 0.3) is 0 Å². The second-order valence-electron chi connectivity index (χ2n) is 5.01. The van der Waals surface area contributed by atoms with Crippen molar-refractivity contribution in [3.05, 3.63) is 21.9 Å². The van der Waals surface area contributed by atoms with Gasteiger partial charge in [-0.15, -0.1) is 22.7 Å². The van der Waals surface area contributed by atoms with Crippen LogP contribution in [-0.2, 0) is 19.2 Å². The van der Waals surface area contributed by atoms with Crippen molar-refractivity contribution in [1.29, 1.82) is 0 Å². The molecule has 0 aliphatic carbocycles. The van der Waals surface area contributed by atoms with Crippen LogP contribution in [0.4, 0.5) is 0 Å². The maximum Gasteiger partial charge on any atom is 0.312 e. The van der Waals surface area contributed by atoms with E-state index < -0.39 is 48.6 Å². The summed E-state index contributed by atoms with van der Waals surface area (Å²) < 4.78 is 1.10. The van der Waals surface area contributed by atoms with Gasteiger partial charge in [-0.1, -0.05) is 0 Å². The molecule has 0 aliphatic rings. The van der Waals surface area contributed by atoms with Crippen LogP contribution in [0.1, 0.15) is 35.1 Å². The summed E-state index contributed by atoms with van der Waals surface area (Å²) in [6.07, 6.45) is -1.18. The quantitative estimate of drug-likeness (QED) is 0.551. The SMILES string of the molecule is O=C(O)CC(C(=O)O)c1cc2scc(C(CC(=O)O)C(=O)O)c2s1. The van der Waals surface area contributed by atoms with E-state index in [1.165, 1.54) is 17.4 Å². The highest BCUT2D eigenvalue weighted by molar-refractivity contribution is 7.27. The predicted octanol–water partition coefficient (Wildman–Crippen LogP) is 2.25. The van der Waals surface area contributed by atoms with Gasteiger partial charge in [0.1, 0.15) is 5.92 Å². The van der Waals surface area contributed by atoms with Crippen LogP contribution in [0.25, 0.3) is 9.40 Å². The Labute approximate surface area is 142 Å². The van der Waals surface area contributed by atoms with Crippen LogP contribution < -0.4 is 0 Å². The fourth-order valence-electron chi connectivity index (χ4n) is 2.26. The van der Waals surface area contributed by atoms with Crippen LogP contribution in [-0.4, -0.2) is 44.3 Å². The number of hydrogen-bond donors (Lipinski definition) is 4. The third kappa shape index (κ3) is 3.71. The molecular formula is C14H12O8S2. The van der Waals surface area contributed by atoms with Crippen molar-refractivity contribution in [3.8, 4) is 0 Å². The van der Waals surface area contributed by atoms with E-state index in [0.717, 1.165) is 11.3 Å². The van der Waals surface area contributed by atoms with Gasteiger partial charge in [0.2, 0.25) is 0 Å². The van der Waals surface area contributed by atoms with Gasteiger partial charge in [-0.2, -0.15) is 0 Å². The molecule has 0 fully saturated rings. The molecule has 8 nitrogen and oxygen atoms in total. The molecule has 2 aromatic rings. The van der Waals surface area contributed by atoms with Crippen LogP contribution in [0.3, 0.4) is 0 Å². The molecule has 0 saturated carbocycles. The Morgan fingerprint density at radius 2 is 1.46 bits per heavy atom. The average Bonchev–Trinajstić information content (AvgIpc) is 3.01. The number of rotatable bonds is 8. The first-order valence-electron chi connectivity index (χ1n) is 6.60. The molecule has 4 N–H and O–H groups in total. The number of hydrogen-bond acceptors (Lipinski definition) is 6. The fourth-order valence-corrected chi connectivity index (χ4v) is 4.85. The van der Waals surface area contributed by atoms with Crippen LogP contribution in [0, 0.1) is 0 Å². The van der Waals surface area contributed by atoms with Gasteiger partial charge in [-0.25, -0.2) is 0 Å². The summed E-state index contributed by atoms with van der Waals surface area (Å²) in [6, 6.07) is 1.52. The fraction of sp³-hybridized carbons (Fsp3) is 0.286. The normalized spacial score (nSPS) is 13.5. The minimum Gasteiger partial charge on any atom is -0.481 e. The Kier molecular flexibility index (Phi) is 5.20. The minimum atomic E-state index is -1.28. The lowest BCUT2D eigenvalue weighted by Gasteiger charge is -2.08. The monoisotopic (exact) mass is 372 g/mol. The van der Waals surface area contributed by atoms with Crippen LogP contribution in [0.2, 0.25) is 0 Å². The zero-order valence-corrected chi connectivity index (χ0v) is 13.6. The Morgan fingerprint density at radius 1 is 0.917 bits per heavy atom. The van der Waals surface area contributed by atoms with Crippen molar-refractivity contribution in [3.63, 3.8) is 0 Å². The molecule has 0 radical (unpaired) electrons. The second-order valence-corrected chi connectivity index (χ2v) is 7.01. The lowest BCUT2D eigenvalue weighted by Crippen LogP contribution is -2.15. The first-order valence-corrected chi connectivity index (χ1v) is 8.30. The molecule has 24 heavy (non-hydrogen) atoms. The molecule has 2 aromatic heterocycles. The topological polar surface area (TPSA) is 149 Å². The van der Waals surface area contributed by atoms with Gasteiger partial charge in [-0.05, 0) is 17.0 Å². The Morgan fingerprint density at radius 3 is 1.96 bits per heavy atom. The van der Waals surface area contributed by atoms with Crippen molar-refractivity contribution in [2.75, 3.05) is 0 Å². The number of carbonyl (C=O) groups is 4. The van der Waals surface area contributed by atoms with E-state index in [4.69, 9.17) is 10.2 Å². The Hall–Kier alpha value is -2.46. The van der Waals surface area contributed by atoms with Gasteiger partial charge in [-0.3, -0.25) is 19.2 Å². The second kappa shape index (κ2) is 6.97. The van der Waals surface area contributed by atoms with E-state index in [0.29, 0.717) is 19.8 Å². The largest absolute Gasteiger partial charge is 0.481 e. The summed E-state index contributed by atoms with van der Waals surface area (Å²) in [5.41, 5.74) is 0.306. The molecular weight excluding hydrogens is 360 g/mol. The third-order valence-corrected chi connectivity index (χ3v) is 5.74. The van der Waals surface area contributed by atoms with Gasteiger partial charge in [0.05, 0.1) is 18.8 Å². The number of fused-ring (bicyclic) bond motifs is 1. The highest BCUT2D eigenvalue weighted by atomic mass is 32.1. The molecule has 0 aliphatic heterocycles. The molecule has 0 spiro atoms. The number of thiophene rings is 2. The van der Waals surface area contributed by atoms with Gasteiger partial charge < -0.3 is 20.4 Å². The zero-order chi connectivity index (χ0) is 18.0. The lowest BCUT2D eigenvalue weighted by atomic mass is 9.98. The van der Waals surface area contributed by atoms with Crippen LogP contribution in [0.15, 0.2) is 11.4 Å². The summed E-state index contributed by atoms with van der Waals surface area (Å²) in [5, 5.41) is 37.7. The molecule has 0 saturated heterocycles. The van der Waals surface area contributed by atoms with E-state index in [1.807, 2.05) is 0 Å². The van der Waals surface area contributed by atoms with E-state index in [9.17, 15) is 29.4 Å². The summed E-state index contributed by atoms with van der Waals surface area (Å²) in [5.74, 6) is -7.56. The molecule has 0 amide bonds. The van der Waals surface area contributed by atoms with Crippen molar-refractivity contribution >= 4 is 56.0 Å². The highest BCUT2D eigenvalue weighted by Gasteiger charge is 2.30. The summed E-state index contributed by atoms with van der Waals surface area (Å²) >= 11 is 2.16. The molecule has 2 unspecified atom stereocenters. The minimum absolute atomic E-state index is 0.299. The molecule has 2 rings (SSSR count). The maximum atomic E-state index is 11.3. The smallest absolute Gasteiger partial charge is 0.312 e. The number of carboxylic acids is 4. The zero-order valence-electron chi connectivity index (χ0n) is 12.0. The van der Waals surface area contributed by atoms with Gasteiger partial charge in [0, 0.05) is 14.3 Å². The molecule has 128 valence electrons. The molecule has 10 heteroatoms. The average molecular weight is 372 g/mol. The van der Waals surface area contributed by atoms with E-state index >= 15 is 0 Å². The van der Waals surface area contributed by atoms with Crippen molar-refractivity contribution < 1.29 is 39.6 Å². The van der Waals surface area contributed by atoms with Crippen LogP contribution in [0.5, 0.6) is 0 Å². The lowest BCUT2D eigenvalue weighted by molar-refractivity contribution is -0.145. The van der Waals surface area contributed by atoms with E-state index in [1.54, 1.807) is 5.38 Å². The number of aliphatic carboxylic acids is 4. The first kappa shape index (κ1) is 17.9. The van der Waals surface area contributed by atoms with Crippen molar-refractivity contribution in [2.24, 2.45) is 0 Å². The first-order chi connectivity index (χ1) is 11.2. The molecule has 0 bridgehead atoms. The van der Waals surface area contributed by atoms with E-state index in [2.05, 4.69) is 0 Å². The summed E-state index contributed by atoms with van der Waals surface area (Å²) in [4.78, 5) is 44.6. The van der Waals surface area contributed by atoms with E-state index in [-0.39, 0.29) is 0 Å². The maximum absolute atomic E-state index is 11.3. The van der Waals surface area contributed by atoms with Crippen LogP contribution >= 0.6 is 22.7 Å². The standard InChI is InChI=1S/C14H12O8S2/c15-10(16)1-5(13(19)20)7-4-23-9-3-8(24-12(7)9)6(14(21)22)2-11(17)18/h3-6H,1-2H2,(H,15,16)(H,17,18)(H,19,20)(H,21,22). The molecule has 0 aromatic carbocycles. The summed E-state index contributed by atoms with van der Waals surface area (Å²) in [6.45, 7) is 0. The van der Waals surface area contributed by atoms with Crippen molar-refractivity contribution in [2.45, 2.75) is 24.7 Å². The molecule has 2 heterocycles. The van der Waals surface area contributed by atoms with Gasteiger partial charge >= 0.3 is 23.9 Å². The van der Waals surface area contributed by atoms with Crippen molar-refractivity contribution in [1.82, 2.24) is 0 Å². The Balaban J connectivity index is 2.47. The third-order valence-electron chi connectivity index (χ3n) is 3.36.